The number of H-pyrrole nitrogens is 1. The Morgan fingerprint density at radius 2 is 1.76 bits per heavy atom. The highest BCUT2D eigenvalue weighted by Crippen LogP contribution is 2.40. The van der Waals surface area contributed by atoms with Gasteiger partial charge in [0.1, 0.15) is 11.6 Å². The van der Waals surface area contributed by atoms with Crippen LogP contribution in [0.1, 0.15) is 37.0 Å². The smallest absolute Gasteiger partial charge is 0.324 e. The van der Waals surface area contributed by atoms with Crippen LogP contribution in [0.25, 0.3) is 10.2 Å². The quantitative estimate of drug-likeness (QED) is 0.445. The van der Waals surface area contributed by atoms with Crippen LogP contribution in [0.15, 0.2) is 42.6 Å². The number of hydrogen-bond acceptors (Lipinski definition) is 5. The summed E-state index contributed by atoms with van der Waals surface area (Å²) in [5.41, 5.74) is -0.123. The van der Waals surface area contributed by atoms with Gasteiger partial charge in [0.15, 0.2) is 5.82 Å². The number of aromatic amines is 1. The number of anilines is 2. The van der Waals surface area contributed by atoms with Crippen LogP contribution in [-0.2, 0) is 11.3 Å². The number of rotatable bonds is 4. The van der Waals surface area contributed by atoms with Crippen molar-refractivity contribution < 1.29 is 13.2 Å². The second-order valence-electron chi connectivity index (χ2n) is 7.65. The van der Waals surface area contributed by atoms with E-state index in [9.17, 15) is 4.39 Å². The molecule has 2 N–H and O–H groups in total. The first-order chi connectivity index (χ1) is 13.6. The molecule has 0 saturated carbocycles. The van der Waals surface area contributed by atoms with Crippen molar-refractivity contribution in [2.75, 3.05) is 5.32 Å². The molecule has 0 amide bonds. The molecule has 0 spiro atoms. The maximum absolute atomic E-state index is 15.2. The normalized spacial score (nSPS) is 12.5. The van der Waals surface area contributed by atoms with Crippen molar-refractivity contribution in [1.82, 2.24) is 20.2 Å². The van der Waals surface area contributed by atoms with Crippen LogP contribution in [-0.4, -0.2) is 20.2 Å². The Bertz CT molecular complexity index is 1150. The van der Waals surface area contributed by atoms with Crippen LogP contribution in [0.4, 0.5) is 24.8 Å². The lowest BCUT2D eigenvalue weighted by Gasteiger charge is -2.16. The summed E-state index contributed by atoms with van der Waals surface area (Å²) in [6.07, 6.45) is 1.55. The van der Waals surface area contributed by atoms with Gasteiger partial charge < -0.3 is 5.32 Å². The Kier molecular flexibility index (Phi) is 4.57. The molecule has 0 bridgehead atoms. The average Bonchev–Trinajstić information content (AvgIpc) is 3.31. The van der Waals surface area contributed by atoms with E-state index in [2.05, 4.69) is 25.5 Å². The SMILES string of the molecule is CC(C)(C)c1cc2nc(C(F)(F)c3ccc(F)cc3)nc(Nc3ccn[nH]3)c2s1. The Hall–Kier alpha value is -2.94. The van der Waals surface area contributed by atoms with Crippen molar-refractivity contribution in [3.8, 4) is 0 Å². The standard InChI is InChI=1S/C20H18F3N5S/c1-19(2,3)14-10-13-16(29-14)17(26-15-8-9-24-28-15)27-18(25-13)20(22,23)11-4-6-12(21)7-5-11/h4-10H,1-3H3,(H2,24,25,26,27,28). The Balaban J connectivity index is 1.89. The maximum Gasteiger partial charge on any atom is 0.331 e. The molecule has 150 valence electrons. The molecule has 0 aliphatic heterocycles. The summed E-state index contributed by atoms with van der Waals surface area (Å²) in [6.45, 7) is 6.13. The van der Waals surface area contributed by atoms with E-state index in [1.165, 1.54) is 11.3 Å². The maximum atomic E-state index is 15.2. The number of alkyl halides is 2. The van der Waals surface area contributed by atoms with E-state index in [0.29, 0.717) is 16.0 Å². The first-order valence-electron chi connectivity index (χ1n) is 8.87. The van der Waals surface area contributed by atoms with Gasteiger partial charge in [0, 0.05) is 16.5 Å². The third-order valence-electron chi connectivity index (χ3n) is 4.35. The molecule has 1 aromatic carbocycles. The predicted molar refractivity (Wildman–Crippen MR) is 107 cm³/mol. The van der Waals surface area contributed by atoms with Crippen LogP contribution >= 0.6 is 11.3 Å². The van der Waals surface area contributed by atoms with Gasteiger partial charge in [-0.25, -0.2) is 14.4 Å². The fourth-order valence-corrected chi connectivity index (χ4v) is 3.87. The van der Waals surface area contributed by atoms with Gasteiger partial charge in [-0.3, -0.25) is 5.10 Å². The van der Waals surface area contributed by atoms with Gasteiger partial charge >= 0.3 is 5.92 Å². The van der Waals surface area contributed by atoms with Crippen molar-refractivity contribution in [1.29, 1.82) is 0 Å². The summed E-state index contributed by atoms with van der Waals surface area (Å²) in [5.74, 6) is -3.95. The third-order valence-corrected chi connectivity index (χ3v) is 5.91. The molecule has 3 heterocycles. The summed E-state index contributed by atoms with van der Waals surface area (Å²) in [7, 11) is 0. The van der Waals surface area contributed by atoms with E-state index in [0.717, 1.165) is 29.1 Å². The first-order valence-corrected chi connectivity index (χ1v) is 9.69. The topological polar surface area (TPSA) is 66.5 Å². The van der Waals surface area contributed by atoms with Gasteiger partial charge in [0.05, 0.1) is 16.4 Å². The summed E-state index contributed by atoms with van der Waals surface area (Å²) in [5, 5.41) is 9.61. The zero-order chi connectivity index (χ0) is 20.8. The highest BCUT2D eigenvalue weighted by Gasteiger charge is 2.38. The van der Waals surface area contributed by atoms with Crippen LogP contribution < -0.4 is 5.32 Å². The van der Waals surface area contributed by atoms with E-state index in [1.54, 1.807) is 12.3 Å². The largest absolute Gasteiger partial charge is 0.331 e. The third kappa shape index (κ3) is 3.69. The second-order valence-corrected chi connectivity index (χ2v) is 8.70. The molecule has 3 aromatic heterocycles. The minimum Gasteiger partial charge on any atom is -0.324 e. The molecule has 0 saturated heterocycles. The van der Waals surface area contributed by atoms with Gasteiger partial charge in [-0.15, -0.1) is 11.3 Å². The van der Waals surface area contributed by atoms with Gasteiger partial charge in [0.25, 0.3) is 0 Å². The van der Waals surface area contributed by atoms with Crippen molar-refractivity contribution in [3.63, 3.8) is 0 Å². The number of fused-ring (bicyclic) bond motifs is 1. The van der Waals surface area contributed by atoms with Gasteiger partial charge in [-0.2, -0.15) is 13.9 Å². The Labute approximate surface area is 169 Å². The molecule has 0 radical (unpaired) electrons. The number of benzene rings is 1. The fraction of sp³-hybridized carbons (Fsp3) is 0.250. The zero-order valence-corrected chi connectivity index (χ0v) is 16.7. The number of thiophene rings is 1. The summed E-state index contributed by atoms with van der Waals surface area (Å²) >= 11 is 1.45. The van der Waals surface area contributed by atoms with Gasteiger partial charge in [0.2, 0.25) is 5.82 Å². The summed E-state index contributed by atoms with van der Waals surface area (Å²) < 4.78 is 44.2. The molecule has 5 nitrogen and oxygen atoms in total. The van der Waals surface area contributed by atoms with Crippen LogP contribution in [0.2, 0.25) is 0 Å². The lowest BCUT2D eigenvalue weighted by Crippen LogP contribution is -2.20. The highest BCUT2D eigenvalue weighted by molar-refractivity contribution is 7.19. The van der Waals surface area contributed by atoms with Crippen molar-refractivity contribution >= 4 is 33.2 Å². The molecule has 9 heteroatoms. The molecule has 0 aliphatic rings. The van der Waals surface area contributed by atoms with E-state index >= 15 is 8.78 Å². The Morgan fingerprint density at radius 3 is 2.38 bits per heavy atom. The van der Waals surface area contributed by atoms with E-state index in [-0.39, 0.29) is 16.8 Å². The number of nitrogens with zero attached hydrogens (tertiary/aromatic N) is 3. The van der Waals surface area contributed by atoms with E-state index in [1.807, 2.05) is 26.8 Å². The van der Waals surface area contributed by atoms with Crippen molar-refractivity contribution in [2.45, 2.75) is 32.1 Å². The van der Waals surface area contributed by atoms with E-state index in [4.69, 9.17) is 0 Å². The molecule has 4 aromatic rings. The minimum atomic E-state index is -3.49. The molecule has 29 heavy (non-hydrogen) atoms. The van der Waals surface area contributed by atoms with Crippen LogP contribution in [0, 0.1) is 5.82 Å². The zero-order valence-electron chi connectivity index (χ0n) is 15.9. The molecule has 0 aliphatic carbocycles. The molecular weight excluding hydrogens is 399 g/mol. The summed E-state index contributed by atoms with van der Waals surface area (Å²) in [4.78, 5) is 9.29. The highest BCUT2D eigenvalue weighted by atomic mass is 32.1. The first kappa shape index (κ1) is 19.4. The van der Waals surface area contributed by atoms with Gasteiger partial charge in [-0.05, 0) is 35.7 Å². The predicted octanol–water partition coefficient (Wildman–Crippen LogP) is 5.73. The average molecular weight is 417 g/mol. The van der Waals surface area contributed by atoms with Gasteiger partial charge in [-0.1, -0.05) is 20.8 Å². The van der Waals surface area contributed by atoms with Crippen molar-refractivity contribution in [2.24, 2.45) is 0 Å². The fourth-order valence-electron chi connectivity index (χ4n) is 2.77. The van der Waals surface area contributed by atoms with Crippen LogP contribution in [0.5, 0.6) is 0 Å². The lowest BCUT2D eigenvalue weighted by molar-refractivity contribution is 0.0333. The van der Waals surface area contributed by atoms with E-state index < -0.39 is 17.6 Å². The van der Waals surface area contributed by atoms with Crippen molar-refractivity contribution in [3.05, 3.63) is 64.7 Å². The number of nitrogens with one attached hydrogen (secondary N) is 2. The number of halogens is 3. The molecule has 0 fully saturated rings. The molecular formula is C20H18F3N5S. The van der Waals surface area contributed by atoms with Crippen LogP contribution in [0.3, 0.4) is 0 Å². The molecule has 4 rings (SSSR count). The Morgan fingerprint density at radius 1 is 1.03 bits per heavy atom. The molecule has 0 atom stereocenters. The lowest BCUT2D eigenvalue weighted by atomic mass is 9.95. The monoisotopic (exact) mass is 417 g/mol. The second kappa shape index (κ2) is 6.84. The summed E-state index contributed by atoms with van der Waals surface area (Å²) in [6, 6.07) is 7.55. The number of aromatic nitrogens is 4. The minimum absolute atomic E-state index is 0.170. The number of hydrogen-bond donors (Lipinski definition) is 2. The molecule has 0 unspecified atom stereocenters.